The lowest BCUT2D eigenvalue weighted by atomic mass is 10.2. The zero-order valence-corrected chi connectivity index (χ0v) is 9.71. The number of hydrogen-bond donors (Lipinski definition) is 3. The fraction of sp³-hybridized carbons (Fsp3) is 0.333. The monoisotopic (exact) mass is 246 g/mol. The molecule has 0 radical (unpaired) electrons. The minimum atomic E-state index is -0.383. The van der Waals surface area contributed by atoms with Crippen LogP contribution in [0.15, 0.2) is 35.1 Å². The first-order chi connectivity index (χ1) is 8.75. The number of benzene rings is 1. The lowest BCUT2D eigenvalue weighted by Crippen LogP contribution is -2.22. The van der Waals surface area contributed by atoms with Gasteiger partial charge in [0.25, 0.3) is 0 Å². The van der Waals surface area contributed by atoms with Crippen LogP contribution >= 0.6 is 0 Å². The molecule has 2 atom stereocenters. The Morgan fingerprint density at radius 2 is 2.11 bits per heavy atom. The normalized spacial score (nSPS) is 23.4. The number of para-hydroxylation sites is 1. The lowest BCUT2D eigenvalue weighted by Gasteiger charge is -2.11. The number of nitrogens with zero attached hydrogens (tertiary/aromatic N) is 2. The molecule has 1 aliphatic heterocycles. The molecule has 0 unspecified atom stereocenters. The molecule has 94 valence electrons. The van der Waals surface area contributed by atoms with Crippen LogP contribution in [-0.4, -0.2) is 32.5 Å². The number of β-amino-alcohol motifs (C(OH)–C–C–N with tert-alkyl or cyclic N) is 1. The molecule has 2 aromatic rings. The Morgan fingerprint density at radius 3 is 2.78 bits per heavy atom. The average molecular weight is 246 g/mol. The van der Waals surface area contributed by atoms with Gasteiger partial charge >= 0.3 is 5.69 Å². The van der Waals surface area contributed by atoms with Crippen molar-refractivity contribution >= 4 is 0 Å². The Hall–Kier alpha value is -1.92. The van der Waals surface area contributed by atoms with E-state index in [1.807, 2.05) is 30.3 Å². The molecule has 18 heavy (non-hydrogen) atoms. The Bertz CT molecular complexity index is 590. The van der Waals surface area contributed by atoms with E-state index in [1.54, 1.807) is 0 Å². The van der Waals surface area contributed by atoms with Gasteiger partial charge in [0, 0.05) is 6.54 Å². The third-order valence-corrected chi connectivity index (χ3v) is 3.13. The Morgan fingerprint density at radius 1 is 1.33 bits per heavy atom. The summed E-state index contributed by atoms with van der Waals surface area (Å²) in [6.07, 6.45) is 0.183. The number of aliphatic hydroxyl groups is 1. The maximum Gasteiger partial charge on any atom is 0.347 e. The topological polar surface area (TPSA) is 82.9 Å². The smallest absolute Gasteiger partial charge is 0.347 e. The van der Waals surface area contributed by atoms with Crippen molar-refractivity contribution in [2.75, 3.05) is 6.54 Å². The second-order valence-corrected chi connectivity index (χ2v) is 4.41. The standard InChI is InChI=1S/C12H14N4O2/c17-9-6-10(13-7-9)11-14-15-12(18)16(11)8-4-2-1-3-5-8/h1-5,9-10,13,17H,6-7H2,(H,15,18)/t9-,10+/m1/s1. The molecule has 1 aromatic heterocycles. The van der Waals surface area contributed by atoms with Gasteiger partial charge in [-0.2, -0.15) is 5.10 Å². The summed E-state index contributed by atoms with van der Waals surface area (Å²) in [7, 11) is 0. The van der Waals surface area contributed by atoms with Crippen molar-refractivity contribution in [2.45, 2.75) is 18.6 Å². The van der Waals surface area contributed by atoms with E-state index < -0.39 is 0 Å². The van der Waals surface area contributed by atoms with E-state index in [0.29, 0.717) is 18.8 Å². The minimum Gasteiger partial charge on any atom is -0.392 e. The fourth-order valence-electron chi connectivity index (χ4n) is 2.28. The van der Waals surface area contributed by atoms with Gasteiger partial charge < -0.3 is 10.4 Å². The average Bonchev–Trinajstić information content (AvgIpc) is 2.96. The fourth-order valence-corrected chi connectivity index (χ4v) is 2.28. The minimum absolute atomic E-state index is 0.0980. The van der Waals surface area contributed by atoms with Gasteiger partial charge in [-0.05, 0) is 18.6 Å². The third kappa shape index (κ3) is 1.85. The van der Waals surface area contributed by atoms with Gasteiger partial charge in [-0.25, -0.2) is 14.5 Å². The van der Waals surface area contributed by atoms with Gasteiger partial charge in [0.2, 0.25) is 0 Å². The molecule has 1 aliphatic rings. The van der Waals surface area contributed by atoms with Crippen LogP contribution in [0.25, 0.3) is 5.69 Å². The first kappa shape index (κ1) is 11.2. The summed E-state index contributed by atoms with van der Waals surface area (Å²) in [6.45, 7) is 0.528. The zero-order valence-electron chi connectivity index (χ0n) is 9.71. The van der Waals surface area contributed by atoms with Crippen LogP contribution in [-0.2, 0) is 0 Å². The van der Waals surface area contributed by atoms with E-state index in [-0.39, 0.29) is 17.8 Å². The molecule has 0 aliphatic carbocycles. The molecule has 0 saturated carbocycles. The Kier molecular flexibility index (Phi) is 2.73. The number of H-pyrrole nitrogens is 1. The second-order valence-electron chi connectivity index (χ2n) is 4.41. The van der Waals surface area contributed by atoms with Crippen LogP contribution in [0.2, 0.25) is 0 Å². The number of aromatic amines is 1. The van der Waals surface area contributed by atoms with E-state index in [4.69, 9.17) is 0 Å². The summed E-state index contributed by atoms with van der Waals surface area (Å²) >= 11 is 0. The number of aliphatic hydroxyl groups excluding tert-OH is 1. The SMILES string of the molecule is O=c1[nH]nc([C@@H]2C[C@@H](O)CN2)n1-c1ccccc1. The van der Waals surface area contributed by atoms with Crippen LogP contribution in [0, 0.1) is 0 Å². The number of rotatable bonds is 2. The molecule has 3 N–H and O–H groups in total. The predicted molar refractivity (Wildman–Crippen MR) is 65.6 cm³/mol. The maximum absolute atomic E-state index is 11.8. The quantitative estimate of drug-likeness (QED) is 0.694. The molecule has 6 heteroatoms. The molecule has 1 aromatic carbocycles. The van der Waals surface area contributed by atoms with Gasteiger partial charge in [0.1, 0.15) is 0 Å². The zero-order chi connectivity index (χ0) is 12.5. The van der Waals surface area contributed by atoms with E-state index in [1.165, 1.54) is 4.57 Å². The summed E-state index contributed by atoms with van der Waals surface area (Å²) in [4.78, 5) is 11.8. The summed E-state index contributed by atoms with van der Waals surface area (Å²) in [6, 6.07) is 9.24. The van der Waals surface area contributed by atoms with Crippen LogP contribution in [0.1, 0.15) is 18.3 Å². The van der Waals surface area contributed by atoms with Crippen molar-refractivity contribution in [3.63, 3.8) is 0 Å². The van der Waals surface area contributed by atoms with Crippen molar-refractivity contribution in [1.29, 1.82) is 0 Å². The molecule has 0 spiro atoms. The first-order valence-corrected chi connectivity index (χ1v) is 5.90. The highest BCUT2D eigenvalue weighted by Crippen LogP contribution is 2.22. The molecule has 0 amide bonds. The molecular weight excluding hydrogens is 232 g/mol. The van der Waals surface area contributed by atoms with E-state index >= 15 is 0 Å². The maximum atomic E-state index is 11.8. The predicted octanol–water partition coefficient (Wildman–Crippen LogP) is -0.0441. The first-order valence-electron chi connectivity index (χ1n) is 5.90. The summed E-state index contributed by atoms with van der Waals surface area (Å²) < 4.78 is 1.54. The molecule has 0 bridgehead atoms. The molecule has 1 fully saturated rings. The Labute approximate surface area is 103 Å². The van der Waals surface area contributed by atoms with Crippen LogP contribution < -0.4 is 11.0 Å². The van der Waals surface area contributed by atoms with E-state index in [9.17, 15) is 9.90 Å². The highest BCUT2D eigenvalue weighted by molar-refractivity contribution is 5.32. The van der Waals surface area contributed by atoms with Crippen LogP contribution in [0.4, 0.5) is 0 Å². The van der Waals surface area contributed by atoms with Crippen molar-refractivity contribution in [2.24, 2.45) is 0 Å². The summed E-state index contributed by atoms with van der Waals surface area (Å²) in [5.74, 6) is 0.614. The van der Waals surface area contributed by atoms with E-state index in [0.717, 1.165) is 5.69 Å². The highest BCUT2D eigenvalue weighted by Gasteiger charge is 2.28. The van der Waals surface area contributed by atoms with Crippen molar-refractivity contribution in [3.05, 3.63) is 46.6 Å². The lowest BCUT2D eigenvalue weighted by molar-refractivity contribution is 0.193. The molecule has 3 rings (SSSR count). The van der Waals surface area contributed by atoms with Gasteiger partial charge in [0.05, 0.1) is 17.8 Å². The number of aromatic nitrogens is 3. The third-order valence-electron chi connectivity index (χ3n) is 3.13. The number of nitrogens with one attached hydrogen (secondary N) is 2. The second kappa shape index (κ2) is 4.40. The summed E-state index contributed by atoms with van der Waals surface area (Å²) in [5, 5.41) is 19.2. The van der Waals surface area contributed by atoms with Gasteiger partial charge in [-0.1, -0.05) is 18.2 Å². The molecule has 2 heterocycles. The van der Waals surface area contributed by atoms with Crippen molar-refractivity contribution in [1.82, 2.24) is 20.1 Å². The van der Waals surface area contributed by atoms with E-state index in [2.05, 4.69) is 15.5 Å². The number of hydrogen-bond acceptors (Lipinski definition) is 4. The largest absolute Gasteiger partial charge is 0.392 e. The molecule has 6 nitrogen and oxygen atoms in total. The molecular formula is C12H14N4O2. The Balaban J connectivity index is 2.05. The van der Waals surface area contributed by atoms with Gasteiger partial charge in [-0.15, -0.1) is 0 Å². The van der Waals surface area contributed by atoms with Crippen LogP contribution in [0.3, 0.4) is 0 Å². The van der Waals surface area contributed by atoms with Crippen LogP contribution in [0.5, 0.6) is 0 Å². The van der Waals surface area contributed by atoms with Crippen molar-refractivity contribution in [3.8, 4) is 5.69 Å². The molecule has 1 saturated heterocycles. The highest BCUT2D eigenvalue weighted by atomic mass is 16.3. The summed E-state index contributed by atoms with van der Waals surface area (Å²) in [5.41, 5.74) is 0.508. The van der Waals surface area contributed by atoms with Gasteiger partial charge in [-0.3, -0.25) is 0 Å². The van der Waals surface area contributed by atoms with Crippen molar-refractivity contribution < 1.29 is 5.11 Å². The van der Waals surface area contributed by atoms with Gasteiger partial charge in [0.15, 0.2) is 5.82 Å².